The van der Waals surface area contributed by atoms with Crippen molar-refractivity contribution in [2.45, 2.75) is 19.3 Å². The van der Waals surface area contributed by atoms with Crippen LogP contribution in [0.3, 0.4) is 0 Å². The molecule has 2 aliphatic carbocycles. The number of hydrogen-bond donors (Lipinski definition) is 0. The van der Waals surface area contributed by atoms with Gasteiger partial charge in [0.25, 0.3) is 0 Å². The maximum absolute atomic E-state index is 6.88. The Balaban J connectivity index is 1.99. The first-order chi connectivity index (χ1) is 6.35. The van der Waals surface area contributed by atoms with E-state index >= 15 is 0 Å². The Morgan fingerprint density at radius 2 is 1.46 bits per heavy atom. The monoisotopic (exact) mass is 174 g/mol. The van der Waals surface area contributed by atoms with Crippen LogP contribution in [-0.4, -0.2) is 13.1 Å². The van der Waals surface area contributed by atoms with Crippen LogP contribution in [0.15, 0.2) is 0 Å². The zero-order valence-corrected chi connectivity index (χ0v) is 7.74. The second kappa shape index (κ2) is 3.38. The Hall–Kier alpha value is -1.02. The third-order valence-electron chi connectivity index (χ3n) is 3.74. The zero-order chi connectivity index (χ0) is 9.26. The summed E-state index contributed by atoms with van der Waals surface area (Å²) in [6.07, 6.45) is 3.84. The Morgan fingerprint density at radius 3 is 1.85 bits per heavy atom. The van der Waals surface area contributed by atoms with Crippen molar-refractivity contribution in [2.75, 3.05) is 13.1 Å². The summed E-state index contributed by atoms with van der Waals surface area (Å²) in [6, 6.07) is 0. The molecule has 0 spiro atoms. The van der Waals surface area contributed by atoms with Crippen molar-refractivity contribution in [1.29, 1.82) is 0 Å². The molecule has 13 heavy (non-hydrogen) atoms. The summed E-state index contributed by atoms with van der Waals surface area (Å²) in [7, 11) is 0. The van der Waals surface area contributed by atoms with Gasteiger partial charge in [0.2, 0.25) is 13.1 Å². The average molecular weight is 174 g/mol. The molecule has 2 bridgehead atoms. The lowest BCUT2D eigenvalue weighted by atomic mass is 9.81. The van der Waals surface area contributed by atoms with Crippen LogP contribution in [0.4, 0.5) is 0 Å². The molecule has 0 aromatic rings. The van der Waals surface area contributed by atoms with Crippen molar-refractivity contribution in [3.63, 3.8) is 0 Å². The standard InChI is InChI=1S/C11H14N2/c1-12-6-9-3-8-4-10(7-13-2)11(9)5-8/h8-11H,3-7H2. The Morgan fingerprint density at radius 1 is 0.923 bits per heavy atom. The van der Waals surface area contributed by atoms with Crippen LogP contribution in [0, 0.1) is 36.8 Å². The smallest absolute Gasteiger partial charge is 0.217 e. The van der Waals surface area contributed by atoms with Crippen LogP contribution >= 0.6 is 0 Å². The molecule has 2 heteroatoms. The van der Waals surface area contributed by atoms with E-state index < -0.39 is 0 Å². The van der Waals surface area contributed by atoms with E-state index in [9.17, 15) is 0 Å². The molecule has 0 amide bonds. The quantitative estimate of drug-likeness (QED) is 0.569. The Kier molecular flexibility index (Phi) is 2.23. The van der Waals surface area contributed by atoms with Gasteiger partial charge in [-0.3, -0.25) is 0 Å². The van der Waals surface area contributed by atoms with Crippen molar-refractivity contribution in [2.24, 2.45) is 23.7 Å². The first-order valence-corrected chi connectivity index (χ1v) is 5.01. The molecule has 2 aliphatic rings. The van der Waals surface area contributed by atoms with Crippen LogP contribution in [0.1, 0.15) is 19.3 Å². The molecule has 2 fully saturated rings. The topological polar surface area (TPSA) is 8.72 Å². The first kappa shape index (κ1) is 8.57. The van der Waals surface area contributed by atoms with Crippen LogP contribution in [0.2, 0.25) is 0 Å². The third-order valence-corrected chi connectivity index (χ3v) is 3.74. The van der Waals surface area contributed by atoms with E-state index in [2.05, 4.69) is 9.69 Å². The number of rotatable bonds is 2. The van der Waals surface area contributed by atoms with Crippen molar-refractivity contribution in [3.8, 4) is 0 Å². The second-order valence-corrected chi connectivity index (χ2v) is 4.44. The molecular formula is C11H14N2. The molecule has 0 radical (unpaired) electrons. The van der Waals surface area contributed by atoms with Gasteiger partial charge in [-0.15, -0.1) is 0 Å². The highest BCUT2D eigenvalue weighted by Crippen LogP contribution is 2.51. The molecule has 0 aromatic carbocycles. The summed E-state index contributed by atoms with van der Waals surface area (Å²) in [5, 5.41) is 0. The van der Waals surface area contributed by atoms with Gasteiger partial charge < -0.3 is 9.69 Å². The molecule has 0 saturated heterocycles. The van der Waals surface area contributed by atoms with Crippen LogP contribution in [0.25, 0.3) is 9.69 Å². The van der Waals surface area contributed by atoms with E-state index in [0.717, 1.165) is 5.92 Å². The van der Waals surface area contributed by atoms with E-state index in [1.807, 2.05) is 0 Å². The lowest BCUT2D eigenvalue weighted by Crippen LogP contribution is -2.23. The maximum Gasteiger partial charge on any atom is 0.217 e. The van der Waals surface area contributed by atoms with E-state index in [1.165, 1.54) is 19.3 Å². The molecule has 2 saturated carbocycles. The fraction of sp³-hybridized carbons (Fsp3) is 0.818. The molecular weight excluding hydrogens is 160 g/mol. The summed E-state index contributed by atoms with van der Waals surface area (Å²) in [6.45, 7) is 15.2. The van der Waals surface area contributed by atoms with Gasteiger partial charge in [0.05, 0.1) is 0 Å². The molecule has 2 rings (SSSR count). The summed E-state index contributed by atoms with van der Waals surface area (Å²) < 4.78 is 0. The minimum absolute atomic E-state index is 0.628. The normalized spacial score (nSPS) is 41.4. The van der Waals surface area contributed by atoms with Gasteiger partial charge in [-0.25, -0.2) is 13.1 Å². The van der Waals surface area contributed by atoms with Crippen LogP contribution in [0.5, 0.6) is 0 Å². The molecule has 0 heterocycles. The van der Waals surface area contributed by atoms with Gasteiger partial charge in [-0.1, -0.05) is 0 Å². The second-order valence-electron chi connectivity index (χ2n) is 4.44. The molecule has 0 aromatic heterocycles. The van der Waals surface area contributed by atoms with E-state index in [1.54, 1.807) is 0 Å². The van der Waals surface area contributed by atoms with Gasteiger partial charge in [-0.05, 0) is 31.1 Å². The highest BCUT2D eigenvalue weighted by Gasteiger charge is 2.48. The van der Waals surface area contributed by atoms with Crippen LogP contribution < -0.4 is 0 Å². The molecule has 2 unspecified atom stereocenters. The van der Waals surface area contributed by atoms with Gasteiger partial charge in [0.15, 0.2) is 0 Å². The zero-order valence-electron chi connectivity index (χ0n) is 7.74. The van der Waals surface area contributed by atoms with E-state index in [4.69, 9.17) is 13.1 Å². The van der Waals surface area contributed by atoms with E-state index in [-0.39, 0.29) is 0 Å². The summed E-state index contributed by atoms with van der Waals surface area (Å²) in [4.78, 5) is 7.01. The lowest BCUT2D eigenvalue weighted by molar-refractivity contribution is 0.265. The Bertz CT molecular complexity index is 245. The minimum Gasteiger partial charge on any atom is -0.317 e. The van der Waals surface area contributed by atoms with Crippen molar-refractivity contribution in [1.82, 2.24) is 0 Å². The number of fused-ring (bicyclic) bond motifs is 2. The predicted molar refractivity (Wildman–Crippen MR) is 50.7 cm³/mol. The average Bonchev–Trinajstić information content (AvgIpc) is 2.64. The number of nitrogens with zero attached hydrogens (tertiary/aromatic N) is 2. The number of hydrogen-bond acceptors (Lipinski definition) is 0. The Labute approximate surface area is 79.6 Å². The lowest BCUT2D eigenvalue weighted by Gasteiger charge is -2.22. The van der Waals surface area contributed by atoms with Crippen molar-refractivity contribution in [3.05, 3.63) is 22.8 Å². The largest absolute Gasteiger partial charge is 0.317 e. The molecule has 2 nitrogen and oxygen atoms in total. The SMILES string of the molecule is [C-]#[N+]CC1CC2CC(C[N+]#[C-])C1C2. The van der Waals surface area contributed by atoms with Gasteiger partial charge in [0.1, 0.15) is 0 Å². The first-order valence-electron chi connectivity index (χ1n) is 5.01. The molecule has 0 N–H and O–H groups in total. The molecule has 0 aliphatic heterocycles. The molecule has 2 atom stereocenters. The van der Waals surface area contributed by atoms with Crippen molar-refractivity contribution < 1.29 is 0 Å². The highest BCUT2D eigenvalue weighted by molar-refractivity contribution is 4.99. The van der Waals surface area contributed by atoms with Crippen LogP contribution in [-0.2, 0) is 0 Å². The summed E-state index contributed by atoms with van der Waals surface area (Å²) in [5.74, 6) is 2.82. The molecule has 68 valence electrons. The fourth-order valence-electron chi connectivity index (χ4n) is 3.30. The van der Waals surface area contributed by atoms with Gasteiger partial charge in [0, 0.05) is 11.8 Å². The van der Waals surface area contributed by atoms with Gasteiger partial charge in [-0.2, -0.15) is 0 Å². The summed E-state index contributed by atoms with van der Waals surface area (Å²) in [5.41, 5.74) is 0. The highest BCUT2D eigenvalue weighted by atomic mass is 14.7. The van der Waals surface area contributed by atoms with Gasteiger partial charge >= 0.3 is 0 Å². The maximum atomic E-state index is 6.88. The fourth-order valence-corrected chi connectivity index (χ4v) is 3.30. The predicted octanol–water partition coefficient (Wildman–Crippen LogP) is 2.49. The van der Waals surface area contributed by atoms with E-state index in [0.29, 0.717) is 30.8 Å². The summed E-state index contributed by atoms with van der Waals surface area (Å²) >= 11 is 0. The van der Waals surface area contributed by atoms with Crippen molar-refractivity contribution >= 4 is 0 Å². The minimum atomic E-state index is 0.628. The third kappa shape index (κ3) is 1.42.